The molecule has 0 aliphatic heterocycles. The van der Waals surface area contributed by atoms with Crippen LogP contribution >= 0.6 is 0 Å². The SMILES string of the molecule is COc1c(C(=O)NCc2ccco2)ccc2[nH]nc(/C=C/c3ccc(F)c(C(C)=O)c3)c12. The predicted octanol–water partition coefficient (Wildman–Crippen LogP) is 4.61. The highest BCUT2D eigenvalue weighted by atomic mass is 19.1. The van der Waals surface area contributed by atoms with Gasteiger partial charge in [0.25, 0.3) is 5.91 Å². The van der Waals surface area contributed by atoms with Crippen molar-refractivity contribution < 1.29 is 23.1 Å². The number of carbonyl (C=O) groups is 2. The number of furan rings is 1. The van der Waals surface area contributed by atoms with Crippen LogP contribution in [0.5, 0.6) is 5.75 Å². The van der Waals surface area contributed by atoms with Crippen LogP contribution in [0.1, 0.15) is 44.7 Å². The highest BCUT2D eigenvalue weighted by molar-refractivity contribution is 6.05. The van der Waals surface area contributed by atoms with E-state index < -0.39 is 5.82 Å². The number of carbonyl (C=O) groups excluding carboxylic acids is 2. The molecule has 0 bridgehead atoms. The van der Waals surface area contributed by atoms with Crippen LogP contribution in [0.15, 0.2) is 53.1 Å². The zero-order valence-electron chi connectivity index (χ0n) is 17.4. The Balaban J connectivity index is 1.66. The van der Waals surface area contributed by atoms with Gasteiger partial charge in [-0.1, -0.05) is 12.1 Å². The third kappa shape index (κ3) is 4.15. The first-order chi connectivity index (χ1) is 15.5. The highest BCUT2D eigenvalue weighted by Crippen LogP contribution is 2.32. The molecule has 0 aliphatic rings. The van der Waals surface area contributed by atoms with Gasteiger partial charge in [-0.25, -0.2) is 4.39 Å². The zero-order chi connectivity index (χ0) is 22.7. The third-order valence-corrected chi connectivity index (χ3v) is 4.97. The molecule has 2 heterocycles. The fourth-order valence-corrected chi connectivity index (χ4v) is 3.39. The number of nitrogens with zero attached hydrogens (tertiary/aromatic N) is 1. The summed E-state index contributed by atoms with van der Waals surface area (Å²) in [7, 11) is 1.48. The van der Waals surface area contributed by atoms with E-state index in [1.165, 1.54) is 26.2 Å². The number of methoxy groups -OCH3 is 1. The molecule has 1 amide bonds. The van der Waals surface area contributed by atoms with Crippen molar-refractivity contribution in [3.63, 3.8) is 0 Å². The minimum Gasteiger partial charge on any atom is -0.495 e. The summed E-state index contributed by atoms with van der Waals surface area (Å²) in [6.45, 7) is 1.56. The van der Waals surface area contributed by atoms with E-state index in [2.05, 4.69) is 15.5 Å². The molecule has 0 radical (unpaired) electrons. The summed E-state index contributed by atoms with van der Waals surface area (Å²) in [6, 6.07) is 11.2. The fraction of sp³-hybridized carbons (Fsp3) is 0.125. The fourth-order valence-electron chi connectivity index (χ4n) is 3.39. The Hall–Kier alpha value is -4.20. The summed E-state index contributed by atoms with van der Waals surface area (Å²) in [5.41, 5.74) is 2.23. The molecule has 2 aromatic carbocycles. The molecule has 162 valence electrons. The van der Waals surface area contributed by atoms with E-state index in [1.54, 1.807) is 48.7 Å². The predicted molar refractivity (Wildman–Crippen MR) is 118 cm³/mol. The van der Waals surface area contributed by atoms with Gasteiger partial charge in [-0.3, -0.25) is 14.7 Å². The van der Waals surface area contributed by atoms with Gasteiger partial charge in [-0.15, -0.1) is 0 Å². The number of aromatic nitrogens is 2. The van der Waals surface area contributed by atoms with Crippen LogP contribution in [0.3, 0.4) is 0 Å². The number of fused-ring (bicyclic) bond motifs is 1. The number of rotatable bonds is 7. The van der Waals surface area contributed by atoms with Crippen LogP contribution in [0, 0.1) is 5.82 Å². The Morgan fingerprint density at radius 3 is 2.75 bits per heavy atom. The number of ketones is 1. The summed E-state index contributed by atoms with van der Waals surface area (Å²) in [5.74, 6) is -0.228. The van der Waals surface area contributed by atoms with Crippen molar-refractivity contribution in [1.29, 1.82) is 0 Å². The molecular formula is C24H20FN3O4. The number of hydrogen-bond acceptors (Lipinski definition) is 5. The largest absolute Gasteiger partial charge is 0.495 e. The molecule has 4 rings (SSSR count). The van der Waals surface area contributed by atoms with Gasteiger partial charge in [-0.2, -0.15) is 5.10 Å². The number of halogens is 1. The average Bonchev–Trinajstić information content (AvgIpc) is 3.46. The van der Waals surface area contributed by atoms with Gasteiger partial charge in [-0.05, 0) is 55.0 Å². The zero-order valence-corrected chi connectivity index (χ0v) is 17.4. The molecule has 0 spiro atoms. The van der Waals surface area contributed by atoms with Crippen LogP contribution in [0.4, 0.5) is 4.39 Å². The highest BCUT2D eigenvalue weighted by Gasteiger charge is 2.19. The van der Waals surface area contributed by atoms with Crippen LogP contribution in [-0.2, 0) is 6.54 Å². The van der Waals surface area contributed by atoms with Gasteiger partial charge in [0, 0.05) is 0 Å². The van der Waals surface area contributed by atoms with Gasteiger partial charge in [0.15, 0.2) is 5.78 Å². The number of ether oxygens (including phenoxy) is 1. The van der Waals surface area contributed by atoms with E-state index in [4.69, 9.17) is 9.15 Å². The maximum Gasteiger partial charge on any atom is 0.255 e. The van der Waals surface area contributed by atoms with Crippen LogP contribution in [-0.4, -0.2) is 29.0 Å². The Kier molecular flexibility index (Phi) is 5.85. The second kappa shape index (κ2) is 8.89. The normalized spacial score (nSPS) is 11.2. The summed E-state index contributed by atoms with van der Waals surface area (Å²) >= 11 is 0. The molecule has 0 fully saturated rings. The Morgan fingerprint density at radius 1 is 1.19 bits per heavy atom. The van der Waals surface area contributed by atoms with Gasteiger partial charge in [0.2, 0.25) is 0 Å². The van der Waals surface area contributed by atoms with Crippen LogP contribution < -0.4 is 10.1 Å². The van der Waals surface area contributed by atoms with E-state index >= 15 is 0 Å². The number of H-pyrrole nitrogens is 1. The molecule has 8 heteroatoms. The lowest BCUT2D eigenvalue weighted by Gasteiger charge is -2.10. The van der Waals surface area contributed by atoms with Gasteiger partial charge >= 0.3 is 0 Å². The van der Waals surface area contributed by atoms with E-state index in [1.807, 2.05) is 0 Å². The van der Waals surface area contributed by atoms with E-state index in [9.17, 15) is 14.0 Å². The van der Waals surface area contributed by atoms with Crippen LogP contribution in [0.25, 0.3) is 23.1 Å². The standard InChI is InChI=1S/C24H20FN3O4/c1-14(29)18-12-15(5-8-19(18)25)6-9-20-22-21(28-27-20)10-7-17(23(22)31-2)24(30)26-13-16-4-3-11-32-16/h3-12H,13H2,1-2H3,(H,26,30)(H,27,28)/b9-6+. The van der Waals surface area contributed by atoms with E-state index in [0.717, 1.165) is 0 Å². The number of nitrogens with one attached hydrogen (secondary N) is 2. The van der Waals surface area contributed by atoms with E-state index in [0.29, 0.717) is 39.2 Å². The second-order valence-corrected chi connectivity index (χ2v) is 7.07. The lowest BCUT2D eigenvalue weighted by Crippen LogP contribution is -2.23. The number of aromatic amines is 1. The molecule has 4 aromatic rings. The second-order valence-electron chi connectivity index (χ2n) is 7.07. The number of amides is 1. The quantitative estimate of drug-likeness (QED) is 0.415. The van der Waals surface area contributed by atoms with Crippen LogP contribution in [0.2, 0.25) is 0 Å². The topological polar surface area (TPSA) is 97.2 Å². The monoisotopic (exact) mass is 433 g/mol. The maximum atomic E-state index is 13.8. The minimum atomic E-state index is -0.563. The first kappa shape index (κ1) is 21.0. The van der Waals surface area contributed by atoms with Crippen molar-refractivity contribution in [3.8, 4) is 5.75 Å². The Bertz CT molecular complexity index is 1320. The number of hydrogen-bond donors (Lipinski definition) is 2. The van der Waals surface area contributed by atoms with Gasteiger partial charge < -0.3 is 14.5 Å². The molecule has 7 nitrogen and oxygen atoms in total. The lowest BCUT2D eigenvalue weighted by molar-refractivity contribution is 0.0944. The summed E-state index contributed by atoms with van der Waals surface area (Å²) in [4.78, 5) is 24.4. The third-order valence-electron chi connectivity index (χ3n) is 4.97. The first-order valence-electron chi connectivity index (χ1n) is 9.82. The number of Topliss-reactive ketones (excluding diaryl/α,β-unsaturated/α-hetero) is 1. The molecule has 2 N–H and O–H groups in total. The summed E-state index contributed by atoms with van der Waals surface area (Å²) < 4.78 is 24.6. The van der Waals surface area contributed by atoms with Gasteiger partial charge in [0.1, 0.15) is 17.3 Å². The molecule has 0 aliphatic carbocycles. The minimum absolute atomic E-state index is 0.0205. The Morgan fingerprint density at radius 2 is 2.03 bits per heavy atom. The maximum absolute atomic E-state index is 13.8. The van der Waals surface area contributed by atoms with Crippen molar-refractivity contribution in [1.82, 2.24) is 15.5 Å². The molecular weight excluding hydrogens is 413 g/mol. The molecule has 0 unspecified atom stereocenters. The van der Waals surface area contributed by atoms with E-state index in [-0.39, 0.29) is 23.8 Å². The smallest absolute Gasteiger partial charge is 0.255 e. The first-order valence-corrected chi connectivity index (χ1v) is 9.82. The molecule has 0 saturated heterocycles. The van der Waals surface area contributed by atoms with Crippen molar-refractivity contribution >= 4 is 34.7 Å². The summed E-state index contributed by atoms with van der Waals surface area (Å²) in [6.07, 6.45) is 4.96. The molecule has 0 atom stereocenters. The van der Waals surface area contributed by atoms with Gasteiger partial charge in [0.05, 0.1) is 47.6 Å². The average molecular weight is 433 g/mol. The van der Waals surface area contributed by atoms with Crippen molar-refractivity contribution in [2.75, 3.05) is 7.11 Å². The van der Waals surface area contributed by atoms with Crippen molar-refractivity contribution in [2.45, 2.75) is 13.5 Å². The molecule has 0 saturated carbocycles. The number of benzene rings is 2. The lowest BCUT2D eigenvalue weighted by atomic mass is 10.0. The molecule has 2 aromatic heterocycles. The Labute approximate surface area is 182 Å². The molecule has 32 heavy (non-hydrogen) atoms. The van der Waals surface area contributed by atoms with Crippen molar-refractivity contribution in [2.24, 2.45) is 0 Å². The summed E-state index contributed by atoms with van der Waals surface area (Å²) in [5, 5.41) is 10.6. The van der Waals surface area contributed by atoms with Crippen molar-refractivity contribution in [3.05, 3.63) is 82.7 Å².